The second kappa shape index (κ2) is 6.39. The number of amides is 1. The lowest BCUT2D eigenvalue weighted by molar-refractivity contribution is -0.128. The molecule has 0 radical (unpaired) electrons. The van der Waals surface area contributed by atoms with Crippen molar-refractivity contribution in [3.8, 4) is 0 Å². The average Bonchev–Trinajstić information content (AvgIpc) is 2.64. The molecule has 1 aromatic heterocycles. The molecular formula is C12H18N2O3S. The molecule has 0 spiro atoms. The van der Waals surface area contributed by atoms with E-state index in [4.69, 9.17) is 10.5 Å². The zero-order valence-electron chi connectivity index (χ0n) is 10.9. The Bertz CT molecular complexity index is 421. The molecule has 0 aromatic carbocycles. The quantitative estimate of drug-likeness (QED) is 0.652. The molecule has 1 rings (SSSR count). The number of nitrogens with two attached hydrogens (primary N) is 1. The minimum Gasteiger partial charge on any atom is -0.461 e. The number of carbonyl (C=O) groups is 2. The monoisotopic (exact) mass is 270 g/mol. The van der Waals surface area contributed by atoms with Crippen LogP contribution in [0.2, 0.25) is 0 Å². The molecule has 0 bridgehead atoms. The largest absolute Gasteiger partial charge is 0.461 e. The third-order valence-electron chi connectivity index (χ3n) is 2.42. The summed E-state index contributed by atoms with van der Waals surface area (Å²) in [5, 5.41) is 0. The number of thiophene rings is 1. The van der Waals surface area contributed by atoms with Gasteiger partial charge in [0.2, 0.25) is 5.91 Å². The number of nitrogens with zero attached hydrogens (tertiary/aromatic N) is 1. The van der Waals surface area contributed by atoms with Crippen LogP contribution in [-0.4, -0.2) is 37.5 Å². The number of esters is 1. The van der Waals surface area contributed by atoms with Gasteiger partial charge < -0.3 is 15.4 Å². The molecule has 0 aliphatic rings. The Labute approximate surface area is 111 Å². The van der Waals surface area contributed by atoms with Crippen molar-refractivity contribution in [2.45, 2.75) is 19.8 Å². The van der Waals surface area contributed by atoms with Crippen LogP contribution in [0.15, 0.2) is 6.07 Å². The highest BCUT2D eigenvalue weighted by molar-refractivity contribution is 7.14. The molecule has 0 unspecified atom stereocenters. The maximum absolute atomic E-state index is 11.6. The van der Waals surface area contributed by atoms with E-state index in [-0.39, 0.29) is 18.5 Å². The summed E-state index contributed by atoms with van der Waals surface area (Å²) < 4.78 is 5.07. The van der Waals surface area contributed by atoms with Gasteiger partial charge in [-0.1, -0.05) is 0 Å². The SMILES string of the molecule is Cc1sc(C(=O)OCCCC(=O)N(C)C)cc1N. The minimum atomic E-state index is -0.378. The van der Waals surface area contributed by atoms with Crippen molar-refractivity contribution >= 4 is 28.9 Å². The van der Waals surface area contributed by atoms with Crippen molar-refractivity contribution in [3.05, 3.63) is 15.8 Å². The molecule has 2 N–H and O–H groups in total. The van der Waals surface area contributed by atoms with Crippen LogP contribution in [0.5, 0.6) is 0 Å². The summed E-state index contributed by atoms with van der Waals surface area (Å²) in [4.78, 5) is 25.8. The highest BCUT2D eigenvalue weighted by Gasteiger charge is 2.12. The van der Waals surface area contributed by atoms with Gasteiger partial charge in [-0.2, -0.15) is 0 Å². The molecule has 0 atom stereocenters. The van der Waals surface area contributed by atoms with E-state index in [1.54, 1.807) is 20.2 Å². The first-order valence-corrected chi connectivity index (χ1v) is 6.46. The normalized spacial score (nSPS) is 10.2. The molecule has 5 nitrogen and oxygen atoms in total. The standard InChI is InChI=1S/C12H18N2O3S/c1-8-9(13)7-10(18-8)12(16)17-6-4-5-11(15)14(2)3/h7H,4-6,13H2,1-3H3. The highest BCUT2D eigenvalue weighted by Crippen LogP contribution is 2.23. The van der Waals surface area contributed by atoms with Gasteiger partial charge in [0.1, 0.15) is 4.88 Å². The Balaban J connectivity index is 2.32. The lowest BCUT2D eigenvalue weighted by Gasteiger charge is -2.09. The number of aryl methyl sites for hydroxylation is 1. The molecule has 0 aliphatic heterocycles. The fourth-order valence-corrected chi connectivity index (χ4v) is 2.11. The Morgan fingerprint density at radius 2 is 2.11 bits per heavy atom. The topological polar surface area (TPSA) is 72.6 Å². The second-order valence-electron chi connectivity index (χ2n) is 4.15. The van der Waals surface area contributed by atoms with Crippen LogP contribution in [0.1, 0.15) is 27.4 Å². The Kier molecular flexibility index (Phi) is 5.15. The zero-order valence-corrected chi connectivity index (χ0v) is 11.7. The third-order valence-corrected chi connectivity index (χ3v) is 3.47. The Hall–Kier alpha value is -1.56. The fraction of sp³-hybridized carbons (Fsp3) is 0.500. The number of anilines is 1. The van der Waals surface area contributed by atoms with Crippen molar-refractivity contribution in [1.82, 2.24) is 4.90 Å². The van der Waals surface area contributed by atoms with Gasteiger partial charge in [-0.05, 0) is 19.4 Å². The lowest BCUT2D eigenvalue weighted by atomic mass is 10.3. The Morgan fingerprint density at radius 1 is 1.44 bits per heavy atom. The minimum absolute atomic E-state index is 0.0299. The number of nitrogen functional groups attached to an aromatic ring is 1. The van der Waals surface area contributed by atoms with Gasteiger partial charge in [-0.15, -0.1) is 11.3 Å². The maximum atomic E-state index is 11.6. The van der Waals surface area contributed by atoms with Gasteiger partial charge in [0.05, 0.1) is 6.61 Å². The molecule has 0 saturated carbocycles. The number of rotatable bonds is 5. The summed E-state index contributed by atoms with van der Waals surface area (Å²) in [5.41, 5.74) is 6.26. The van der Waals surface area contributed by atoms with E-state index in [2.05, 4.69) is 0 Å². The molecule has 0 saturated heterocycles. The zero-order chi connectivity index (χ0) is 13.7. The summed E-state index contributed by atoms with van der Waals surface area (Å²) >= 11 is 1.32. The summed E-state index contributed by atoms with van der Waals surface area (Å²) in [6.07, 6.45) is 0.911. The Morgan fingerprint density at radius 3 is 2.61 bits per heavy atom. The van der Waals surface area contributed by atoms with Gasteiger partial charge in [-0.3, -0.25) is 4.79 Å². The summed E-state index contributed by atoms with van der Waals surface area (Å²) in [6.45, 7) is 2.10. The molecule has 1 heterocycles. The second-order valence-corrected chi connectivity index (χ2v) is 5.41. The number of hydrogen-bond donors (Lipinski definition) is 1. The third kappa shape index (κ3) is 4.03. The predicted molar refractivity (Wildman–Crippen MR) is 71.7 cm³/mol. The van der Waals surface area contributed by atoms with Gasteiger partial charge in [0.25, 0.3) is 0 Å². The van der Waals surface area contributed by atoms with E-state index in [1.165, 1.54) is 16.2 Å². The fourth-order valence-electron chi connectivity index (χ4n) is 1.28. The molecule has 0 aliphatic carbocycles. The first-order valence-electron chi connectivity index (χ1n) is 5.65. The van der Waals surface area contributed by atoms with Crippen LogP contribution in [0.3, 0.4) is 0 Å². The van der Waals surface area contributed by atoms with Crippen molar-refractivity contribution in [3.63, 3.8) is 0 Å². The van der Waals surface area contributed by atoms with Crippen LogP contribution in [0.4, 0.5) is 5.69 Å². The molecule has 18 heavy (non-hydrogen) atoms. The van der Waals surface area contributed by atoms with Crippen molar-refractivity contribution in [2.75, 3.05) is 26.4 Å². The number of ether oxygens (including phenoxy) is 1. The first-order chi connectivity index (χ1) is 8.41. The number of carbonyl (C=O) groups excluding carboxylic acids is 2. The highest BCUT2D eigenvalue weighted by atomic mass is 32.1. The molecule has 1 amide bonds. The molecule has 100 valence electrons. The van der Waals surface area contributed by atoms with Crippen LogP contribution in [-0.2, 0) is 9.53 Å². The van der Waals surface area contributed by atoms with E-state index in [1.807, 2.05) is 6.92 Å². The summed E-state index contributed by atoms with van der Waals surface area (Å²) in [7, 11) is 3.40. The van der Waals surface area contributed by atoms with E-state index in [0.29, 0.717) is 23.4 Å². The van der Waals surface area contributed by atoms with Crippen LogP contribution in [0, 0.1) is 6.92 Å². The molecule has 1 aromatic rings. The number of hydrogen-bond acceptors (Lipinski definition) is 5. The van der Waals surface area contributed by atoms with Crippen molar-refractivity contribution in [1.29, 1.82) is 0 Å². The first kappa shape index (κ1) is 14.5. The summed E-state index contributed by atoms with van der Waals surface area (Å²) in [6, 6.07) is 1.62. The van der Waals surface area contributed by atoms with E-state index in [0.717, 1.165) is 4.88 Å². The van der Waals surface area contributed by atoms with Gasteiger partial charge in [0, 0.05) is 31.1 Å². The average molecular weight is 270 g/mol. The predicted octanol–water partition coefficient (Wildman–Crippen LogP) is 1.66. The van der Waals surface area contributed by atoms with Crippen LogP contribution >= 0.6 is 11.3 Å². The summed E-state index contributed by atoms with van der Waals surface area (Å²) in [5.74, 6) is -0.348. The van der Waals surface area contributed by atoms with Gasteiger partial charge >= 0.3 is 5.97 Å². The lowest BCUT2D eigenvalue weighted by Crippen LogP contribution is -2.21. The van der Waals surface area contributed by atoms with Crippen LogP contribution in [0.25, 0.3) is 0 Å². The maximum Gasteiger partial charge on any atom is 0.348 e. The van der Waals surface area contributed by atoms with Gasteiger partial charge in [0.15, 0.2) is 0 Å². The van der Waals surface area contributed by atoms with E-state index < -0.39 is 0 Å². The van der Waals surface area contributed by atoms with E-state index >= 15 is 0 Å². The van der Waals surface area contributed by atoms with Crippen molar-refractivity contribution < 1.29 is 14.3 Å². The molecule has 0 fully saturated rings. The van der Waals surface area contributed by atoms with Crippen molar-refractivity contribution in [2.24, 2.45) is 0 Å². The van der Waals surface area contributed by atoms with Crippen LogP contribution < -0.4 is 5.73 Å². The molecule has 6 heteroatoms. The van der Waals surface area contributed by atoms with E-state index in [9.17, 15) is 9.59 Å². The molecular weight excluding hydrogens is 252 g/mol. The smallest absolute Gasteiger partial charge is 0.348 e. The van der Waals surface area contributed by atoms with Gasteiger partial charge in [-0.25, -0.2) is 4.79 Å².